The standard InChI is InChI=1S/C13H24N2O2/c1-3-12(17)8-15(9-12)11(16)13(14)6-4-5-10(2)7-13/h10,17H,3-9,14H2,1-2H3. The zero-order chi connectivity index (χ0) is 12.7. The van der Waals surface area contributed by atoms with Crippen LogP contribution >= 0.6 is 0 Å². The summed E-state index contributed by atoms with van der Waals surface area (Å²) in [6, 6.07) is 0. The number of carbonyl (C=O) groups excluding carboxylic acids is 1. The molecule has 4 nitrogen and oxygen atoms in total. The van der Waals surface area contributed by atoms with Crippen molar-refractivity contribution in [1.82, 2.24) is 4.90 Å². The summed E-state index contributed by atoms with van der Waals surface area (Å²) in [4.78, 5) is 14.1. The fourth-order valence-corrected chi connectivity index (χ4v) is 3.13. The molecule has 17 heavy (non-hydrogen) atoms. The quantitative estimate of drug-likeness (QED) is 0.753. The summed E-state index contributed by atoms with van der Waals surface area (Å²) in [5.74, 6) is 0.575. The van der Waals surface area contributed by atoms with E-state index in [4.69, 9.17) is 5.73 Å². The molecule has 1 aliphatic carbocycles. The summed E-state index contributed by atoms with van der Waals surface area (Å²) in [7, 11) is 0. The number of β-amino-alcohol motifs (C(OH)–C–C–N with tert-alkyl or cyclic N) is 1. The van der Waals surface area contributed by atoms with Crippen LogP contribution in [0.1, 0.15) is 46.0 Å². The van der Waals surface area contributed by atoms with E-state index in [1.54, 1.807) is 4.90 Å². The van der Waals surface area contributed by atoms with Crippen molar-refractivity contribution in [2.75, 3.05) is 13.1 Å². The lowest BCUT2D eigenvalue weighted by Crippen LogP contribution is -2.69. The van der Waals surface area contributed by atoms with Crippen LogP contribution in [0.5, 0.6) is 0 Å². The first-order valence-corrected chi connectivity index (χ1v) is 6.69. The third-order valence-corrected chi connectivity index (χ3v) is 4.37. The molecule has 1 aliphatic heterocycles. The van der Waals surface area contributed by atoms with Crippen molar-refractivity contribution in [2.24, 2.45) is 11.7 Å². The number of nitrogens with two attached hydrogens (primary N) is 1. The average molecular weight is 240 g/mol. The second-order valence-corrected chi connectivity index (χ2v) is 6.10. The zero-order valence-corrected chi connectivity index (χ0v) is 10.9. The van der Waals surface area contributed by atoms with E-state index >= 15 is 0 Å². The van der Waals surface area contributed by atoms with Gasteiger partial charge in [0.2, 0.25) is 5.91 Å². The Hall–Kier alpha value is -0.610. The van der Waals surface area contributed by atoms with E-state index in [0.29, 0.717) is 25.4 Å². The van der Waals surface area contributed by atoms with Crippen molar-refractivity contribution >= 4 is 5.91 Å². The average Bonchev–Trinajstić information content (AvgIpc) is 2.23. The number of likely N-dealkylation sites (tertiary alicyclic amines) is 1. The van der Waals surface area contributed by atoms with Crippen LogP contribution in [0, 0.1) is 5.92 Å². The molecule has 0 aromatic rings. The van der Waals surface area contributed by atoms with Gasteiger partial charge in [-0.15, -0.1) is 0 Å². The molecular formula is C13H24N2O2. The van der Waals surface area contributed by atoms with E-state index in [-0.39, 0.29) is 5.91 Å². The minimum Gasteiger partial charge on any atom is -0.386 e. The minimum atomic E-state index is -0.674. The minimum absolute atomic E-state index is 0.0437. The van der Waals surface area contributed by atoms with Crippen LogP contribution in [-0.4, -0.2) is 40.1 Å². The number of rotatable bonds is 2. The van der Waals surface area contributed by atoms with Crippen molar-refractivity contribution in [3.63, 3.8) is 0 Å². The Labute approximate surface area is 103 Å². The molecule has 3 N–H and O–H groups in total. The van der Waals surface area contributed by atoms with Gasteiger partial charge in [0.25, 0.3) is 0 Å². The van der Waals surface area contributed by atoms with Gasteiger partial charge in [-0.2, -0.15) is 0 Å². The highest BCUT2D eigenvalue weighted by Crippen LogP contribution is 2.34. The second kappa shape index (κ2) is 4.25. The first-order chi connectivity index (χ1) is 7.88. The van der Waals surface area contributed by atoms with Gasteiger partial charge in [-0.05, 0) is 25.2 Å². The predicted octanol–water partition coefficient (Wildman–Crippen LogP) is 0.877. The smallest absolute Gasteiger partial charge is 0.242 e. The highest BCUT2D eigenvalue weighted by molar-refractivity contribution is 5.87. The summed E-state index contributed by atoms with van der Waals surface area (Å²) < 4.78 is 0. The van der Waals surface area contributed by atoms with E-state index in [9.17, 15) is 9.90 Å². The Balaban J connectivity index is 1.96. The molecule has 0 spiro atoms. The first-order valence-electron chi connectivity index (χ1n) is 6.69. The maximum Gasteiger partial charge on any atom is 0.242 e. The molecule has 2 atom stereocenters. The molecule has 0 aromatic heterocycles. The molecule has 1 saturated heterocycles. The number of carbonyl (C=O) groups is 1. The second-order valence-electron chi connectivity index (χ2n) is 6.10. The van der Waals surface area contributed by atoms with Crippen LogP contribution in [0.2, 0.25) is 0 Å². The van der Waals surface area contributed by atoms with E-state index in [1.807, 2.05) is 6.92 Å². The van der Waals surface area contributed by atoms with Crippen LogP contribution in [-0.2, 0) is 4.79 Å². The molecule has 0 bridgehead atoms. The summed E-state index contributed by atoms with van der Waals surface area (Å²) >= 11 is 0. The molecule has 2 fully saturated rings. The molecule has 0 aromatic carbocycles. The van der Waals surface area contributed by atoms with Gasteiger partial charge >= 0.3 is 0 Å². The maximum atomic E-state index is 12.3. The predicted molar refractivity (Wildman–Crippen MR) is 66.4 cm³/mol. The van der Waals surface area contributed by atoms with Crippen LogP contribution in [0.3, 0.4) is 0 Å². The van der Waals surface area contributed by atoms with Gasteiger partial charge in [0.1, 0.15) is 0 Å². The SMILES string of the molecule is CCC1(O)CN(C(=O)C2(N)CCCC(C)C2)C1. The van der Waals surface area contributed by atoms with Gasteiger partial charge in [0, 0.05) is 0 Å². The van der Waals surface area contributed by atoms with Gasteiger partial charge in [0.15, 0.2) is 0 Å². The third-order valence-electron chi connectivity index (χ3n) is 4.37. The molecular weight excluding hydrogens is 216 g/mol. The third kappa shape index (κ3) is 2.33. The van der Waals surface area contributed by atoms with Crippen LogP contribution in [0.4, 0.5) is 0 Å². The van der Waals surface area contributed by atoms with Crippen molar-refractivity contribution in [2.45, 2.75) is 57.1 Å². The summed E-state index contributed by atoms with van der Waals surface area (Å²) in [6.45, 7) is 5.01. The number of aliphatic hydroxyl groups is 1. The van der Waals surface area contributed by atoms with Crippen molar-refractivity contribution in [3.05, 3.63) is 0 Å². The van der Waals surface area contributed by atoms with Gasteiger partial charge in [-0.1, -0.05) is 26.7 Å². The molecule has 1 saturated carbocycles. The van der Waals surface area contributed by atoms with Crippen molar-refractivity contribution < 1.29 is 9.90 Å². The highest BCUT2D eigenvalue weighted by atomic mass is 16.3. The molecule has 1 heterocycles. The molecule has 4 heteroatoms. The molecule has 2 aliphatic rings. The van der Waals surface area contributed by atoms with E-state index in [1.165, 1.54) is 6.42 Å². The molecule has 1 amide bonds. The van der Waals surface area contributed by atoms with Gasteiger partial charge in [-0.3, -0.25) is 4.79 Å². The highest BCUT2D eigenvalue weighted by Gasteiger charge is 2.48. The number of hydrogen-bond acceptors (Lipinski definition) is 3. The van der Waals surface area contributed by atoms with E-state index < -0.39 is 11.1 Å². The maximum absolute atomic E-state index is 12.3. The summed E-state index contributed by atoms with van der Waals surface area (Å²) in [5.41, 5.74) is 4.93. The van der Waals surface area contributed by atoms with Gasteiger partial charge in [-0.25, -0.2) is 0 Å². The molecule has 98 valence electrons. The number of amides is 1. The Bertz CT molecular complexity index is 313. The van der Waals surface area contributed by atoms with Gasteiger partial charge < -0.3 is 15.7 Å². The lowest BCUT2D eigenvalue weighted by atomic mass is 9.75. The van der Waals surface area contributed by atoms with Crippen molar-refractivity contribution in [3.8, 4) is 0 Å². The Morgan fingerprint density at radius 1 is 1.53 bits per heavy atom. The zero-order valence-electron chi connectivity index (χ0n) is 10.9. The fourth-order valence-electron chi connectivity index (χ4n) is 3.13. The van der Waals surface area contributed by atoms with E-state index in [0.717, 1.165) is 19.3 Å². The first kappa shape index (κ1) is 12.8. The lowest BCUT2D eigenvalue weighted by Gasteiger charge is -2.50. The summed E-state index contributed by atoms with van der Waals surface area (Å²) in [5, 5.41) is 9.94. The van der Waals surface area contributed by atoms with Gasteiger partial charge in [0.05, 0.1) is 24.2 Å². The normalized spacial score (nSPS) is 36.5. The fraction of sp³-hybridized carbons (Fsp3) is 0.923. The lowest BCUT2D eigenvalue weighted by molar-refractivity contribution is -0.163. The number of nitrogens with zero attached hydrogens (tertiary/aromatic N) is 1. The molecule has 2 rings (SSSR count). The number of hydrogen-bond donors (Lipinski definition) is 2. The Kier molecular flexibility index (Phi) is 3.21. The van der Waals surface area contributed by atoms with Crippen LogP contribution in [0.15, 0.2) is 0 Å². The topological polar surface area (TPSA) is 66.6 Å². The summed E-state index contributed by atoms with van der Waals surface area (Å²) in [6.07, 6.45) is 4.48. The van der Waals surface area contributed by atoms with Crippen LogP contribution in [0.25, 0.3) is 0 Å². The monoisotopic (exact) mass is 240 g/mol. The molecule has 0 radical (unpaired) electrons. The largest absolute Gasteiger partial charge is 0.386 e. The van der Waals surface area contributed by atoms with Crippen LogP contribution < -0.4 is 5.73 Å². The Morgan fingerprint density at radius 2 is 2.18 bits per heavy atom. The van der Waals surface area contributed by atoms with E-state index in [2.05, 4.69) is 6.92 Å². The Morgan fingerprint density at radius 3 is 2.71 bits per heavy atom. The van der Waals surface area contributed by atoms with Crippen molar-refractivity contribution in [1.29, 1.82) is 0 Å². The molecule has 2 unspecified atom stereocenters.